The van der Waals surface area contributed by atoms with Gasteiger partial charge in [-0.15, -0.1) is 0 Å². The fraction of sp³-hybridized carbons (Fsp3) is 0.909. The Morgan fingerprint density at radius 2 is 1.63 bits per heavy atom. The van der Waals surface area contributed by atoms with Crippen molar-refractivity contribution < 1.29 is 9.53 Å². The number of esters is 1. The van der Waals surface area contributed by atoms with Gasteiger partial charge in [0.2, 0.25) is 0 Å². The first-order valence-corrected chi connectivity index (χ1v) is 15.1. The van der Waals surface area contributed by atoms with Crippen LogP contribution in [0, 0.1) is 69.0 Å². The Bertz CT molecular complexity index is 855. The molecule has 0 saturated heterocycles. The first-order chi connectivity index (χ1) is 16.3. The second kappa shape index (κ2) is 8.90. The van der Waals surface area contributed by atoms with Gasteiger partial charge in [-0.2, -0.15) is 0 Å². The van der Waals surface area contributed by atoms with Gasteiger partial charge in [0.15, 0.2) is 0 Å². The summed E-state index contributed by atoms with van der Waals surface area (Å²) in [7, 11) is 1.59. The molecule has 200 valence electrons. The van der Waals surface area contributed by atoms with Crippen molar-refractivity contribution in [3.63, 3.8) is 0 Å². The van der Waals surface area contributed by atoms with E-state index in [1.807, 2.05) is 13.8 Å². The van der Waals surface area contributed by atoms with Crippen LogP contribution in [0.3, 0.4) is 0 Å². The van der Waals surface area contributed by atoms with Crippen LogP contribution in [0.5, 0.6) is 0 Å². The standard InChI is InChI=1S/C31H50O2.C2H6/c1-18-16-22(27(32)33-9)21-12-14-29(6)23(26(21)20(18)3)10-11-25-30(29,7)15-13-24-28(4,5)17-19(2)31(24,25)8;1-2/h10,18-22,24-26H,11-17H2,1-9H3;1-2H3/t18-,19?,20+,21?,22?,24?,25?,26?,29-,30-,31+;/m1./s1. The summed E-state index contributed by atoms with van der Waals surface area (Å²) in [4.78, 5) is 12.8. The van der Waals surface area contributed by atoms with E-state index < -0.39 is 0 Å². The lowest BCUT2D eigenvalue weighted by atomic mass is 9.36. The second-order valence-corrected chi connectivity index (χ2v) is 14.7. The summed E-state index contributed by atoms with van der Waals surface area (Å²) in [5.74, 6) is 4.81. The molecule has 5 aliphatic carbocycles. The summed E-state index contributed by atoms with van der Waals surface area (Å²) in [5, 5.41) is 0. The molecular weight excluding hydrogens is 428 g/mol. The van der Waals surface area contributed by atoms with Gasteiger partial charge in [-0.25, -0.2) is 0 Å². The Morgan fingerprint density at radius 1 is 0.971 bits per heavy atom. The number of carbonyl (C=O) groups is 1. The molecule has 2 nitrogen and oxygen atoms in total. The van der Waals surface area contributed by atoms with Crippen LogP contribution in [0.1, 0.15) is 114 Å². The van der Waals surface area contributed by atoms with E-state index in [1.165, 1.54) is 38.5 Å². The van der Waals surface area contributed by atoms with E-state index in [0.29, 0.717) is 39.9 Å². The van der Waals surface area contributed by atoms with Crippen molar-refractivity contribution >= 4 is 5.97 Å². The predicted octanol–water partition coefficient (Wildman–Crippen LogP) is 8.95. The zero-order valence-corrected chi connectivity index (χ0v) is 25.0. The molecule has 2 heteroatoms. The van der Waals surface area contributed by atoms with Crippen molar-refractivity contribution in [3.05, 3.63) is 11.6 Å². The van der Waals surface area contributed by atoms with E-state index in [2.05, 4.69) is 61.5 Å². The number of fused-ring (bicyclic) bond motifs is 7. The van der Waals surface area contributed by atoms with Gasteiger partial charge in [0, 0.05) is 0 Å². The van der Waals surface area contributed by atoms with Crippen molar-refractivity contribution in [2.45, 2.75) is 114 Å². The largest absolute Gasteiger partial charge is 0.469 e. The van der Waals surface area contributed by atoms with Crippen molar-refractivity contribution in [2.24, 2.45) is 69.0 Å². The van der Waals surface area contributed by atoms with Crippen molar-refractivity contribution in [2.75, 3.05) is 7.11 Å². The van der Waals surface area contributed by atoms with Crippen molar-refractivity contribution in [3.8, 4) is 0 Å². The van der Waals surface area contributed by atoms with Crippen molar-refractivity contribution in [1.82, 2.24) is 0 Å². The highest BCUT2D eigenvalue weighted by Gasteiger charge is 2.69. The molecule has 0 bridgehead atoms. The molecule has 0 N–H and O–H groups in total. The maximum atomic E-state index is 12.8. The highest BCUT2D eigenvalue weighted by molar-refractivity contribution is 5.73. The number of allylic oxidation sites excluding steroid dienone is 2. The highest BCUT2D eigenvalue weighted by Crippen LogP contribution is 2.76. The minimum atomic E-state index is 0.0443. The van der Waals surface area contributed by atoms with E-state index in [9.17, 15) is 4.79 Å². The van der Waals surface area contributed by atoms with Crippen LogP contribution in [0.15, 0.2) is 11.6 Å². The monoisotopic (exact) mass is 484 g/mol. The molecular formula is C33H56O2. The van der Waals surface area contributed by atoms with E-state index in [1.54, 1.807) is 12.7 Å². The normalized spacial score (nSPS) is 51.9. The number of hydrogen-bond acceptors (Lipinski definition) is 2. The average molecular weight is 485 g/mol. The molecule has 6 unspecified atom stereocenters. The summed E-state index contributed by atoms with van der Waals surface area (Å²) in [6.45, 7) is 24.6. The first-order valence-electron chi connectivity index (χ1n) is 15.1. The average Bonchev–Trinajstić information content (AvgIpc) is 3.00. The van der Waals surface area contributed by atoms with Gasteiger partial charge in [-0.3, -0.25) is 4.79 Å². The van der Waals surface area contributed by atoms with Gasteiger partial charge < -0.3 is 4.74 Å². The molecule has 0 aromatic carbocycles. The van der Waals surface area contributed by atoms with E-state index >= 15 is 0 Å². The smallest absolute Gasteiger partial charge is 0.308 e. The van der Waals surface area contributed by atoms with E-state index in [-0.39, 0.29) is 17.3 Å². The third-order valence-corrected chi connectivity index (χ3v) is 13.4. The zero-order valence-electron chi connectivity index (χ0n) is 25.0. The molecule has 0 amide bonds. The minimum absolute atomic E-state index is 0.0443. The van der Waals surface area contributed by atoms with Gasteiger partial charge in [-0.1, -0.05) is 80.9 Å². The molecule has 0 radical (unpaired) electrons. The summed E-state index contributed by atoms with van der Waals surface area (Å²) in [5.41, 5.74) is 3.29. The summed E-state index contributed by atoms with van der Waals surface area (Å²) in [6.07, 6.45) is 11.6. The SMILES string of the molecule is CC.COC(=O)C1C[C@@H](C)[C@H](C)C2C3=CCC4[C@@]5(C)C(C)CC(C)(C)C5CC[C@@]4(C)[C@]3(C)CCC12. The van der Waals surface area contributed by atoms with E-state index in [4.69, 9.17) is 4.74 Å². The Morgan fingerprint density at radius 3 is 2.26 bits per heavy atom. The topological polar surface area (TPSA) is 26.3 Å². The van der Waals surface area contributed by atoms with Crippen LogP contribution in [-0.2, 0) is 9.53 Å². The van der Waals surface area contributed by atoms with Crippen LogP contribution < -0.4 is 0 Å². The molecule has 0 spiro atoms. The predicted molar refractivity (Wildman–Crippen MR) is 147 cm³/mol. The third kappa shape index (κ3) is 3.49. The summed E-state index contributed by atoms with van der Waals surface area (Å²) >= 11 is 0. The Hall–Kier alpha value is -0.790. The van der Waals surface area contributed by atoms with Crippen LogP contribution in [0.4, 0.5) is 0 Å². The lowest BCUT2D eigenvalue weighted by molar-refractivity contribution is -0.163. The quantitative estimate of drug-likeness (QED) is 0.274. The van der Waals surface area contributed by atoms with Gasteiger partial charge >= 0.3 is 5.97 Å². The first kappa shape index (κ1) is 27.3. The van der Waals surface area contributed by atoms with Crippen LogP contribution >= 0.6 is 0 Å². The molecule has 0 aromatic heterocycles. The zero-order chi connectivity index (χ0) is 26.1. The molecule has 35 heavy (non-hydrogen) atoms. The second-order valence-electron chi connectivity index (χ2n) is 14.7. The molecule has 5 aliphatic rings. The molecule has 4 saturated carbocycles. The fourth-order valence-electron chi connectivity index (χ4n) is 11.4. The number of methoxy groups -OCH3 is 1. The summed E-state index contributed by atoms with van der Waals surface area (Å²) < 4.78 is 5.32. The molecule has 5 rings (SSSR count). The van der Waals surface area contributed by atoms with Crippen LogP contribution in [0.25, 0.3) is 0 Å². The lowest BCUT2D eigenvalue weighted by Crippen LogP contribution is -2.61. The lowest BCUT2D eigenvalue weighted by Gasteiger charge is -2.68. The van der Waals surface area contributed by atoms with Gasteiger partial charge in [0.1, 0.15) is 0 Å². The van der Waals surface area contributed by atoms with E-state index in [0.717, 1.165) is 24.2 Å². The number of rotatable bonds is 1. The van der Waals surface area contributed by atoms with Crippen LogP contribution in [-0.4, -0.2) is 13.1 Å². The molecule has 0 aromatic rings. The van der Waals surface area contributed by atoms with Gasteiger partial charge in [0.25, 0.3) is 0 Å². The number of hydrogen-bond donors (Lipinski definition) is 0. The van der Waals surface area contributed by atoms with Crippen molar-refractivity contribution in [1.29, 1.82) is 0 Å². The minimum Gasteiger partial charge on any atom is -0.469 e. The Kier molecular flexibility index (Phi) is 6.93. The Labute approximate surface area is 217 Å². The third-order valence-electron chi connectivity index (χ3n) is 13.4. The molecule has 0 heterocycles. The Balaban J connectivity index is 0.00000141. The molecule has 0 aliphatic heterocycles. The number of ether oxygens (including phenoxy) is 1. The molecule has 11 atom stereocenters. The maximum absolute atomic E-state index is 12.8. The maximum Gasteiger partial charge on any atom is 0.308 e. The number of carbonyl (C=O) groups excluding carboxylic acids is 1. The molecule has 4 fully saturated rings. The fourth-order valence-corrected chi connectivity index (χ4v) is 11.4. The van der Waals surface area contributed by atoms with Gasteiger partial charge in [-0.05, 0) is 108 Å². The summed E-state index contributed by atoms with van der Waals surface area (Å²) in [6, 6.07) is 0. The highest BCUT2D eigenvalue weighted by atomic mass is 16.5. The van der Waals surface area contributed by atoms with Gasteiger partial charge in [0.05, 0.1) is 13.0 Å². The van der Waals surface area contributed by atoms with Crippen LogP contribution in [0.2, 0.25) is 0 Å².